The molecule has 1 aromatic heterocycles. The number of hydrogen-bond acceptors (Lipinski definition) is 4. The minimum atomic E-state index is -0.113. The fourth-order valence-corrected chi connectivity index (χ4v) is 3.41. The van der Waals surface area contributed by atoms with E-state index < -0.39 is 0 Å². The van der Waals surface area contributed by atoms with E-state index >= 15 is 0 Å². The summed E-state index contributed by atoms with van der Waals surface area (Å²) in [7, 11) is 0. The molecule has 0 saturated heterocycles. The SMILES string of the molecule is CCOCCCNC(=O)Cn1c(CCNC(=O)c2cccc(C)c2)nc2ccccc21. The molecule has 3 aromatic rings. The zero-order valence-electron chi connectivity index (χ0n) is 18.2. The minimum Gasteiger partial charge on any atom is -0.382 e. The van der Waals surface area contributed by atoms with Crippen LogP contribution >= 0.6 is 0 Å². The maximum atomic E-state index is 12.5. The Morgan fingerprint density at radius 2 is 1.90 bits per heavy atom. The van der Waals surface area contributed by atoms with Gasteiger partial charge in [0, 0.05) is 38.3 Å². The number of aromatic nitrogens is 2. The summed E-state index contributed by atoms with van der Waals surface area (Å²) in [4.78, 5) is 29.6. The predicted octanol–water partition coefficient (Wildman–Crippen LogP) is 2.86. The van der Waals surface area contributed by atoms with E-state index in [1.165, 1.54) is 0 Å². The molecule has 0 spiro atoms. The lowest BCUT2D eigenvalue weighted by Gasteiger charge is -2.11. The molecule has 0 unspecified atom stereocenters. The van der Waals surface area contributed by atoms with Gasteiger partial charge in [-0.3, -0.25) is 9.59 Å². The van der Waals surface area contributed by atoms with Crippen molar-refractivity contribution < 1.29 is 14.3 Å². The number of benzene rings is 2. The molecule has 7 nitrogen and oxygen atoms in total. The average molecular weight is 423 g/mol. The van der Waals surface area contributed by atoms with Gasteiger partial charge >= 0.3 is 0 Å². The molecule has 7 heteroatoms. The Labute approximate surface area is 182 Å². The fraction of sp³-hybridized carbons (Fsp3) is 0.375. The summed E-state index contributed by atoms with van der Waals surface area (Å²) in [6.45, 7) is 6.43. The van der Waals surface area contributed by atoms with Gasteiger partial charge in [0.05, 0.1) is 11.0 Å². The highest BCUT2D eigenvalue weighted by atomic mass is 16.5. The van der Waals surface area contributed by atoms with Crippen LogP contribution in [0.5, 0.6) is 0 Å². The van der Waals surface area contributed by atoms with Crippen LogP contribution in [0.25, 0.3) is 11.0 Å². The molecule has 2 N–H and O–H groups in total. The van der Waals surface area contributed by atoms with Crippen LogP contribution in [0.2, 0.25) is 0 Å². The fourth-order valence-electron chi connectivity index (χ4n) is 3.41. The maximum absolute atomic E-state index is 12.5. The van der Waals surface area contributed by atoms with Crippen molar-refractivity contribution in [2.24, 2.45) is 0 Å². The predicted molar refractivity (Wildman–Crippen MR) is 121 cm³/mol. The van der Waals surface area contributed by atoms with Crippen LogP contribution in [0.4, 0.5) is 0 Å². The molecule has 0 fully saturated rings. The third kappa shape index (κ3) is 6.39. The molecular formula is C24H30N4O3. The summed E-state index contributed by atoms with van der Waals surface area (Å²) < 4.78 is 7.22. The second kappa shape index (κ2) is 11.3. The quantitative estimate of drug-likeness (QED) is 0.466. The number of ether oxygens (including phenoxy) is 1. The van der Waals surface area contributed by atoms with Crippen LogP contribution in [-0.2, 0) is 22.5 Å². The molecule has 0 radical (unpaired) electrons. The lowest BCUT2D eigenvalue weighted by molar-refractivity contribution is -0.121. The van der Waals surface area contributed by atoms with Crippen molar-refractivity contribution in [3.05, 3.63) is 65.5 Å². The Balaban J connectivity index is 1.62. The van der Waals surface area contributed by atoms with Gasteiger partial charge in [-0.25, -0.2) is 4.98 Å². The van der Waals surface area contributed by atoms with Crippen LogP contribution in [0.3, 0.4) is 0 Å². The Bertz CT molecular complexity index is 1030. The summed E-state index contributed by atoms with van der Waals surface area (Å²) in [5.74, 6) is 0.596. The van der Waals surface area contributed by atoms with Gasteiger partial charge in [-0.1, -0.05) is 29.8 Å². The normalized spacial score (nSPS) is 10.9. The number of imidazole rings is 1. The molecule has 0 atom stereocenters. The van der Waals surface area contributed by atoms with E-state index in [0.717, 1.165) is 28.8 Å². The lowest BCUT2D eigenvalue weighted by Crippen LogP contribution is -2.30. The number of rotatable bonds is 11. The zero-order chi connectivity index (χ0) is 22.1. The summed E-state index contributed by atoms with van der Waals surface area (Å²) in [6, 6.07) is 15.2. The van der Waals surface area contributed by atoms with Gasteiger partial charge in [0.25, 0.3) is 5.91 Å². The Kier molecular flexibility index (Phi) is 8.18. The number of carbonyl (C=O) groups is 2. The first-order valence-corrected chi connectivity index (χ1v) is 10.7. The van der Waals surface area contributed by atoms with Crippen molar-refractivity contribution in [1.82, 2.24) is 20.2 Å². The van der Waals surface area contributed by atoms with E-state index in [0.29, 0.717) is 38.3 Å². The Hall–Kier alpha value is -3.19. The summed E-state index contributed by atoms with van der Waals surface area (Å²) in [5.41, 5.74) is 3.43. The smallest absolute Gasteiger partial charge is 0.251 e. The highest BCUT2D eigenvalue weighted by molar-refractivity contribution is 5.94. The number of nitrogens with one attached hydrogen (secondary N) is 2. The van der Waals surface area contributed by atoms with Crippen molar-refractivity contribution in [3.8, 4) is 0 Å². The van der Waals surface area contributed by atoms with E-state index in [1.54, 1.807) is 6.07 Å². The first-order chi connectivity index (χ1) is 15.1. The van der Waals surface area contributed by atoms with Crippen molar-refractivity contribution in [2.75, 3.05) is 26.3 Å². The molecule has 2 aromatic carbocycles. The highest BCUT2D eigenvalue weighted by Gasteiger charge is 2.14. The zero-order valence-corrected chi connectivity index (χ0v) is 18.2. The number of hydrogen-bond donors (Lipinski definition) is 2. The summed E-state index contributed by atoms with van der Waals surface area (Å²) >= 11 is 0. The molecular weight excluding hydrogens is 392 g/mol. The highest BCUT2D eigenvalue weighted by Crippen LogP contribution is 2.16. The number of nitrogens with zero attached hydrogens (tertiary/aromatic N) is 2. The standard InChI is InChI=1S/C24H30N4O3/c1-3-31-15-7-13-25-23(29)17-28-21-11-5-4-10-20(21)27-22(28)12-14-26-24(30)19-9-6-8-18(2)16-19/h4-6,8-11,16H,3,7,12-15,17H2,1-2H3,(H,25,29)(H,26,30). The van der Waals surface area contributed by atoms with Gasteiger partial charge in [-0.05, 0) is 44.5 Å². The monoisotopic (exact) mass is 422 g/mol. The first kappa shape index (κ1) is 22.5. The molecule has 3 rings (SSSR count). The van der Waals surface area contributed by atoms with Crippen LogP contribution in [0, 0.1) is 6.92 Å². The molecule has 164 valence electrons. The van der Waals surface area contributed by atoms with Gasteiger partial charge in [0.2, 0.25) is 5.91 Å². The maximum Gasteiger partial charge on any atom is 0.251 e. The number of carbonyl (C=O) groups excluding carboxylic acids is 2. The summed E-state index contributed by atoms with van der Waals surface area (Å²) in [5, 5.41) is 5.88. The Morgan fingerprint density at radius 1 is 1.06 bits per heavy atom. The third-order valence-corrected chi connectivity index (χ3v) is 4.94. The lowest BCUT2D eigenvalue weighted by atomic mass is 10.1. The molecule has 0 saturated carbocycles. The van der Waals surface area contributed by atoms with Crippen LogP contribution in [-0.4, -0.2) is 47.7 Å². The average Bonchev–Trinajstić information content (AvgIpc) is 3.11. The third-order valence-electron chi connectivity index (χ3n) is 4.94. The van der Waals surface area contributed by atoms with Crippen LogP contribution < -0.4 is 10.6 Å². The number of amides is 2. The van der Waals surface area contributed by atoms with Crippen molar-refractivity contribution in [2.45, 2.75) is 33.2 Å². The van der Waals surface area contributed by atoms with Crippen molar-refractivity contribution >= 4 is 22.8 Å². The number of aryl methyl sites for hydroxylation is 1. The Morgan fingerprint density at radius 3 is 2.71 bits per heavy atom. The van der Waals surface area contributed by atoms with Gasteiger partial charge in [0.15, 0.2) is 0 Å². The second-order valence-corrected chi connectivity index (χ2v) is 7.38. The van der Waals surface area contributed by atoms with Gasteiger partial charge in [-0.2, -0.15) is 0 Å². The van der Waals surface area contributed by atoms with Gasteiger partial charge in [-0.15, -0.1) is 0 Å². The molecule has 2 amide bonds. The molecule has 0 aliphatic carbocycles. The molecule has 0 aliphatic rings. The van der Waals surface area contributed by atoms with E-state index in [2.05, 4.69) is 15.6 Å². The van der Waals surface area contributed by atoms with Gasteiger partial charge in [0.1, 0.15) is 12.4 Å². The number of fused-ring (bicyclic) bond motifs is 1. The van der Waals surface area contributed by atoms with Crippen molar-refractivity contribution in [1.29, 1.82) is 0 Å². The van der Waals surface area contributed by atoms with E-state index in [-0.39, 0.29) is 18.4 Å². The molecule has 31 heavy (non-hydrogen) atoms. The largest absolute Gasteiger partial charge is 0.382 e. The topological polar surface area (TPSA) is 85.2 Å². The first-order valence-electron chi connectivity index (χ1n) is 10.7. The number of para-hydroxylation sites is 2. The second-order valence-electron chi connectivity index (χ2n) is 7.38. The van der Waals surface area contributed by atoms with E-state index in [9.17, 15) is 9.59 Å². The van der Waals surface area contributed by atoms with Gasteiger partial charge < -0.3 is 19.9 Å². The van der Waals surface area contributed by atoms with Crippen molar-refractivity contribution in [3.63, 3.8) is 0 Å². The van der Waals surface area contributed by atoms with E-state index in [1.807, 2.05) is 60.9 Å². The molecule has 1 heterocycles. The molecule has 0 bridgehead atoms. The molecule has 0 aliphatic heterocycles. The summed E-state index contributed by atoms with van der Waals surface area (Å²) in [6.07, 6.45) is 1.31. The van der Waals surface area contributed by atoms with Crippen LogP contribution in [0.1, 0.15) is 35.1 Å². The minimum absolute atomic E-state index is 0.0651. The van der Waals surface area contributed by atoms with Crippen LogP contribution in [0.15, 0.2) is 48.5 Å². The van der Waals surface area contributed by atoms with E-state index in [4.69, 9.17) is 4.74 Å².